The van der Waals surface area contributed by atoms with Gasteiger partial charge < -0.3 is 14.2 Å². The summed E-state index contributed by atoms with van der Waals surface area (Å²) < 4.78 is 16.7. The van der Waals surface area contributed by atoms with E-state index in [0.717, 1.165) is 63.7 Å². The van der Waals surface area contributed by atoms with Gasteiger partial charge in [-0.1, -0.05) is 220 Å². The molecule has 53 heavy (non-hydrogen) atoms. The molecule has 6 nitrogen and oxygen atoms in total. The largest absolute Gasteiger partial charge is 0.462 e. The van der Waals surface area contributed by atoms with Crippen molar-refractivity contribution in [1.29, 1.82) is 0 Å². The van der Waals surface area contributed by atoms with E-state index in [9.17, 15) is 14.4 Å². The van der Waals surface area contributed by atoms with Crippen LogP contribution in [0.4, 0.5) is 0 Å². The number of hydrogen-bond acceptors (Lipinski definition) is 6. The molecule has 0 spiro atoms. The van der Waals surface area contributed by atoms with Crippen LogP contribution in [0.15, 0.2) is 0 Å². The summed E-state index contributed by atoms with van der Waals surface area (Å²) in [4.78, 5) is 37.7. The van der Waals surface area contributed by atoms with E-state index in [1.807, 2.05) is 0 Å². The Kier molecular flexibility index (Phi) is 40.3. The van der Waals surface area contributed by atoms with Gasteiger partial charge >= 0.3 is 17.9 Å². The quantitative estimate of drug-likeness (QED) is 0.0351. The Hall–Kier alpha value is -1.59. The molecule has 0 rings (SSSR count). The maximum Gasteiger partial charge on any atom is 0.306 e. The zero-order valence-corrected chi connectivity index (χ0v) is 36.0. The summed E-state index contributed by atoms with van der Waals surface area (Å²) in [7, 11) is 0. The Morgan fingerprint density at radius 2 is 0.623 bits per heavy atom. The summed E-state index contributed by atoms with van der Waals surface area (Å²) in [5.74, 6) is -0.0269. The fourth-order valence-electron chi connectivity index (χ4n) is 6.98. The van der Waals surface area contributed by atoms with Crippen LogP contribution in [0.5, 0.6) is 0 Å². The van der Waals surface area contributed by atoms with Gasteiger partial charge in [0.2, 0.25) is 0 Å². The molecule has 6 heteroatoms. The molecule has 0 aliphatic heterocycles. The Morgan fingerprint density at radius 1 is 0.358 bits per heavy atom. The summed E-state index contributed by atoms with van der Waals surface area (Å²) in [5, 5.41) is 0. The van der Waals surface area contributed by atoms with Gasteiger partial charge in [-0.15, -0.1) is 0 Å². The number of unbranched alkanes of at least 4 members (excludes halogenated alkanes) is 29. The van der Waals surface area contributed by atoms with Crippen LogP contribution in [-0.2, 0) is 28.6 Å². The van der Waals surface area contributed by atoms with E-state index in [-0.39, 0.29) is 31.1 Å². The van der Waals surface area contributed by atoms with Gasteiger partial charge in [0.25, 0.3) is 0 Å². The summed E-state index contributed by atoms with van der Waals surface area (Å²) >= 11 is 0. The summed E-state index contributed by atoms with van der Waals surface area (Å²) in [6, 6.07) is 0. The van der Waals surface area contributed by atoms with Crippen molar-refractivity contribution in [2.45, 2.75) is 265 Å². The molecular formula is C47H90O6. The molecule has 0 fully saturated rings. The van der Waals surface area contributed by atoms with Crippen molar-refractivity contribution >= 4 is 17.9 Å². The monoisotopic (exact) mass is 751 g/mol. The van der Waals surface area contributed by atoms with E-state index in [1.54, 1.807) is 0 Å². The average molecular weight is 751 g/mol. The molecule has 0 aliphatic rings. The van der Waals surface area contributed by atoms with Crippen LogP contribution in [-0.4, -0.2) is 37.2 Å². The van der Waals surface area contributed by atoms with Crippen LogP contribution in [0.3, 0.4) is 0 Å². The van der Waals surface area contributed by atoms with E-state index in [0.29, 0.717) is 19.3 Å². The van der Waals surface area contributed by atoms with Gasteiger partial charge in [0.05, 0.1) is 0 Å². The fourth-order valence-corrected chi connectivity index (χ4v) is 6.98. The molecular weight excluding hydrogens is 661 g/mol. The third-order valence-electron chi connectivity index (χ3n) is 10.5. The second-order valence-corrected chi connectivity index (χ2v) is 16.5. The predicted octanol–water partition coefficient (Wildman–Crippen LogP) is 14.7. The number of carbonyl (C=O) groups is 3. The molecule has 0 bridgehead atoms. The van der Waals surface area contributed by atoms with Gasteiger partial charge in [-0.2, -0.15) is 0 Å². The summed E-state index contributed by atoms with van der Waals surface area (Å²) in [6.07, 6.45) is 40.8. The number of hydrogen-bond donors (Lipinski definition) is 0. The van der Waals surface area contributed by atoms with Crippen molar-refractivity contribution in [3.63, 3.8) is 0 Å². The van der Waals surface area contributed by atoms with Crippen LogP contribution in [0, 0.1) is 5.92 Å². The summed E-state index contributed by atoms with van der Waals surface area (Å²) in [6.45, 7) is 8.98. The zero-order valence-electron chi connectivity index (χ0n) is 36.0. The molecule has 0 aromatic carbocycles. The van der Waals surface area contributed by atoms with Crippen molar-refractivity contribution < 1.29 is 28.6 Å². The first-order valence-corrected chi connectivity index (χ1v) is 23.4. The second-order valence-electron chi connectivity index (χ2n) is 16.5. The fraction of sp³-hybridized carbons (Fsp3) is 0.936. The molecule has 1 atom stereocenters. The van der Waals surface area contributed by atoms with Crippen molar-refractivity contribution in [3.05, 3.63) is 0 Å². The van der Waals surface area contributed by atoms with E-state index < -0.39 is 6.10 Å². The highest BCUT2D eigenvalue weighted by atomic mass is 16.6. The lowest BCUT2D eigenvalue weighted by molar-refractivity contribution is -0.167. The van der Waals surface area contributed by atoms with Crippen molar-refractivity contribution in [2.24, 2.45) is 5.92 Å². The molecule has 0 radical (unpaired) electrons. The highest BCUT2D eigenvalue weighted by Crippen LogP contribution is 2.16. The van der Waals surface area contributed by atoms with Gasteiger partial charge in [-0.05, 0) is 25.2 Å². The smallest absolute Gasteiger partial charge is 0.306 e. The van der Waals surface area contributed by atoms with Gasteiger partial charge in [-0.3, -0.25) is 14.4 Å². The first-order valence-electron chi connectivity index (χ1n) is 23.4. The molecule has 0 aromatic rings. The number of rotatable bonds is 42. The molecule has 0 aliphatic carbocycles. The standard InChI is InChI=1S/C47H90O6/c1-5-7-9-11-13-15-18-24-28-32-36-40-47(50)53-44(41-51-45(48)38-34-30-26-22-16-14-12-10-8-6-2)42-52-46(49)39-35-31-27-23-20-17-19-21-25-29-33-37-43(3)4/h43-44H,5-42H2,1-4H3/t44-/m1/s1. The third kappa shape index (κ3) is 41.4. The number of esters is 3. The molecule has 0 saturated heterocycles. The Labute approximate surface area is 329 Å². The minimum absolute atomic E-state index is 0.0637. The number of carbonyl (C=O) groups excluding carboxylic acids is 3. The van der Waals surface area contributed by atoms with Crippen LogP contribution < -0.4 is 0 Å². The maximum atomic E-state index is 12.7. The first-order chi connectivity index (χ1) is 25.9. The minimum Gasteiger partial charge on any atom is -0.462 e. The van der Waals surface area contributed by atoms with Gasteiger partial charge in [-0.25, -0.2) is 0 Å². The maximum absolute atomic E-state index is 12.7. The van der Waals surface area contributed by atoms with E-state index in [2.05, 4.69) is 27.7 Å². The van der Waals surface area contributed by atoms with E-state index in [4.69, 9.17) is 14.2 Å². The van der Waals surface area contributed by atoms with Crippen molar-refractivity contribution in [1.82, 2.24) is 0 Å². The Bertz CT molecular complexity index is 796. The molecule has 314 valence electrons. The minimum atomic E-state index is -0.758. The van der Waals surface area contributed by atoms with Crippen LogP contribution in [0.1, 0.15) is 259 Å². The molecule has 0 aromatic heterocycles. The average Bonchev–Trinajstić information content (AvgIpc) is 3.14. The molecule has 0 N–H and O–H groups in total. The van der Waals surface area contributed by atoms with Crippen LogP contribution >= 0.6 is 0 Å². The lowest BCUT2D eigenvalue weighted by atomic mass is 10.0. The van der Waals surface area contributed by atoms with Gasteiger partial charge in [0, 0.05) is 19.3 Å². The highest BCUT2D eigenvalue weighted by Gasteiger charge is 2.19. The van der Waals surface area contributed by atoms with Gasteiger partial charge in [0.1, 0.15) is 13.2 Å². The topological polar surface area (TPSA) is 78.9 Å². The van der Waals surface area contributed by atoms with Gasteiger partial charge in [0.15, 0.2) is 6.10 Å². The lowest BCUT2D eigenvalue weighted by Crippen LogP contribution is -2.30. The lowest BCUT2D eigenvalue weighted by Gasteiger charge is -2.18. The van der Waals surface area contributed by atoms with Crippen LogP contribution in [0.2, 0.25) is 0 Å². The zero-order chi connectivity index (χ0) is 38.9. The molecule has 0 heterocycles. The molecule has 0 amide bonds. The summed E-state index contributed by atoms with van der Waals surface area (Å²) in [5.41, 5.74) is 0. The van der Waals surface area contributed by atoms with E-state index >= 15 is 0 Å². The van der Waals surface area contributed by atoms with Crippen molar-refractivity contribution in [2.75, 3.05) is 13.2 Å². The van der Waals surface area contributed by atoms with Crippen LogP contribution in [0.25, 0.3) is 0 Å². The first kappa shape index (κ1) is 51.4. The Balaban J connectivity index is 4.30. The SMILES string of the molecule is CCCCCCCCCCCCCC(=O)O[C@H](COC(=O)CCCCCCCCCCCC)COC(=O)CCCCCCCCCCCCCC(C)C. The molecule has 0 saturated carbocycles. The van der Waals surface area contributed by atoms with E-state index in [1.165, 1.54) is 154 Å². The Morgan fingerprint density at radius 3 is 0.925 bits per heavy atom. The second kappa shape index (κ2) is 41.6. The predicted molar refractivity (Wildman–Crippen MR) is 224 cm³/mol. The highest BCUT2D eigenvalue weighted by molar-refractivity contribution is 5.71. The number of ether oxygens (including phenoxy) is 3. The normalized spacial score (nSPS) is 11.9. The third-order valence-corrected chi connectivity index (χ3v) is 10.5. The molecule has 0 unspecified atom stereocenters. The van der Waals surface area contributed by atoms with Crippen molar-refractivity contribution in [3.8, 4) is 0 Å².